The fourth-order valence-corrected chi connectivity index (χ4v) is 4.67. The Kier molecular flexibility index (Phi) is 5.47. The zero-order valence-electron chi connectivity index (χ0n) is 13.3. The van der Waals surface area contributed by atoms with E-state index >= 15 is 0 Å². The molecule has 2 N–H and O–H groups in total. The third-order valence-electron chi connectivity index (χ3n) is 4.89. The number of nitrogens with one attached hydrogen (secondary N) is 1. The van der Waals surface area contributed by atoms with Crippen LogP contribution in [0.4, 0.5) is 4.79 Å². The van der Waals surface area contributed by atoms with E-state index in [9.17, 15) is 18.9 Å². The lowest BCUT2D eigenvalue weighted by Gasteiger charge is -2.30. The highest BCUT2D eigenvalue weighted by atomic mass is 32.2. The van der Waals surface area contributed by atoms with Gasteiger partial charge in [-0.3, -0.25) is 9.00 Å². The van der Waals surface area contributed by atoms with Gasteiger partial charge < -0.3 is 15.3 Å². The first kappa shape index (κ1) is 17.2. The SMILES string of the molecule is CCS(=O)C1CCCC(NC(=O)N2CCC(C)(C(=O)O)C2)C1. The Bertz CT molecular complexity index is 470. The van der Waals surface area contributed by atoms with E-state index in [0.717, 1.165) is 25.7 Å². The van der Waals surface area contributed by atoms with Crippen molar-refractivity contribution in [2.75, 3.05) is 18.8 Å². The molecule has 6 nitrogen and oxygen atoms in total. The van der Waals surface area contributed by atoms with Crippen molar-refractivity contribution in [3.63, 3.8) is 0 Å². The molecule has 0 radical (unpaired) electrons. The van der Waals surface area contributed by atoms with Crippen molar-refractivity contribution in [1.82, 2.24) is 10.2 Å². The number of carbonyl (C=O) groups is 2. The minimum absolute atomic E-state index is 0.0541. The molecule has 0 aromatic carbocycles. The summed E-state index contributed by atoms with van der Waals surface area (Å²) in [4.78, 5) is 25.1. The lowest BCUT2D eigenvalue weighted by atomic mass is 9.90. The van der Waals surface area contributed by atoms with Crippen molar-refractivity contribution in [2.24, 2.45) is 5.41 Å². The molecule has 22 heavy (non-hydrogen) atoms. The number of aliphatic carboxylic acids is 1. The zero-order valence-corrected chi connectivity index (χ0v) is 14.2. The van der Waals surface area contributed by atoms with Crippen molar-refractivity contribution in [3.8, 4) is 0 Å². The lowest BCUT2D eigenvalue weighted by Crippen LogP contribution is -2.47. The van der Waals surface area contributed by atoms with Crippen LogP contribution in [-0.2, 0) is 15.6 Å². The molecule has 1 saturated carbocycles. The van der Waals surface area contributed by atoms with E-state index in [2.05, 4.69) is 5.32 Å². The average Bonchev–Trinajstić information content (AvgIpc) is 2.91. The van der Waals surface area contributed by atoms with E-state index in [1.165, 1.54) is 0 Å². The highest BCUT2D eigenvalue weighted by molar-refractivity contribution is 7.85. The van der Waals surface area contributed by atoms with Crippen molar-refractivity contribution in [3.05, 3.63) is 0 Å². The molecule has 2 amide bonds. The van der Waals surface area contributed by atoms with Gasteiger partial charge in [0.25, 0.3) is 0 Å². The summed E-state index contributed by atoms with van der Waals surface area (Å²) >= 11 is 0. The predicted octanol–water partition coefficient (Wildman–Crippen LogP) is 1.57. The molecule has 2 fully saturated rings. The number of hydrogen-bond acceptors (Lipinski definition) is 3. The Labute approximate surface area is 134 Å². The van der Waals surface area contributed by atoms with Crippen molar-refractivity contribution >= 4 is 22.8 Å². The van der Waals surface area contributed by atoms with Crippen LogP contribution in [-0.4, -0.2) is 56.3 Å². The van der Waals surface area contributed by atoms with Gasteiger partial charge in [-0.25, -0.2) is 4.79 Å². The summed E-state index contributed by atoms with van der Waals surface area (Å²) in [5.41, 5.74) is -0.837. The van der Waals surface area contributed by atoms with Crippen molar-refractivity contribution in [1.29, 1.82) is 0 Å². The smallest absolute Gasteiger partial charge is 0.317 e. The molecule has 2 rings (SSSR count). The lowest BCUT2D eigenvalue weighted by molar-refractivity contribution is -0.147. The monoisotopic (exact) mass is 330 g/mol. The zero-order chi connectivity index (χ0) is 16.3. The quantitative estimate of drug-likeness (QED) is 0.819. The van der Waals surface area contributed by atoms with Gasteiger partial charge in [0.2, 0.25) is 0 Å². The molecule has 2 aliphatic rings. The Balaban J connectivity index is 1.87. The first-order valence-electron chi connectivity index (χ1n) is 8.01. The second kappa shape index (κ2) is 6.98. The van der Waals surface area contributed by atoms with E-state index in [1.807, 2.05) is 6.92 Å². The molecule has 7 heteroatoms. The molecule has 1 saturated heterocycles. The molecule has 1 aliphatic heterocycles. The molecule has 0 spiro atoms. The Morgan fingerprint density at radius 3 is 2.73 bits per heavy atom. The van der Waals surface area contributed by atoms with E-state index in [1.54, 1.807) is 11.8 Å². The van der Waals surface area contributed by atoms with Crippen LogP contribution in [0, 0.1) is 5.41 Å². The minimum atomic E-state index is -0.848. The van der Waals surface area contributed by atoms with Gasteiger partial charge in [0.05, 0.1) is 5.41 Å². The third-order valence-corrected chi connectivity index (χ3v) is 6.63. The second-order valence-corrected chi connectivity index (χ2v) is 8.65. The number of rotatable bonds is 4. The predicted molar refractivity (Wildman–Crippen MR) is 85.2 cm³/mol. The minimum Gasteiger partial charge on any atom is -0.481 e. The van der Waals surface area contributed by atoms with Crippen LogP contribution < -0.4 is 5.32 Å². The van der Waals surface area contributed by atoms with Gasteiger partial charge in [0.15, 0.2) is 0 Å². The van der Waals surface area contributed by atoms with Crippen LogP contribution in [0.3, 0.4) is 0 Å². The van der Waals surface area contributed by atoms with E-state index < -0.39 is 22.2 Å². The van der Waals surface area contributed by atoms with E-state index in [4.69, 9.17) is 0 Å². The van der Waals surface area contributed by atoms with Gasteiger partial charge >= 0.3 is 12.0 Å². The number of hydrogen-bond donors (Lipinski definition) is 2. The molecule has 4 unspecified atom stereocenters. The summed E-state index contributed by atoms with van der Waals surface area (Å²) in [7, 11) is -0.812. The van der Waals surface area contributed by atoms with Crippen LogP contribution in [0.25, 0.3) is 0 Å². The molecular formula is C15H26N2O4S. The molecule has 126 valence electrons. The molecule has 1 aliphatic carbocycles. The largest absolute Gasteiger partial charge is 0.481 e. The van der Waals surface area contributed by atoms with Gasteiger partial charge in [-0.15, -0.1) is 0 Å². The summed E-state index contributed by atoms with van der Waals surface area (Å²) < 4.78 is 11.9. The maximum Gasteiger partial charge on any atom is 0.317 e. The Morgan fingerprint density at radius 1 is 1.41 bits per heavy atom. The summed E-state index contributed by atoms with van der Waals surface area (Å²) in [6.07, 6.45) is 4.11. The maximum atomic E-state index is 12.3. The van der Waals surface area contributed by atoms with Gasteiger partial charge in [0, 0.05) is 40.9 Å². The van der Waals surface area contributed by atoms with Crippen LogP contribution in [0.2, 0.25) is 0 Å². The van der Waals surface area contributed by atoms with E-state index in [-0.39, 0.29) is 23.9 Å². The fourth-order valence-electron chi connectivity index (χ4n) is 3.33. The number of carboxylic acids is 1. The number of urea groups is 1. The van der Waals surface area contributed by atoms with Crippen LogP contribution >= 0.6 is 0 Å². The van der Waals surface area contributed by atoms with Gasteiger partial charge in [0.1, 0.15) is 0 Å². The average molecular weight is 330 g/mol. The molecule has 0 aromatic heterocycles. The maximum absolute atomic E-state index is 12.3. The van der Waals surface area contributed by atoms with Gasteiger partial charge in [-0.1, -0.05) is 13.3 Å². The van der Waals surface area contributed by atoms with Crippen molar-refractivity contribution < 1.29 is 18.9 Å². The number of carbonyl (C=O) groups excluding carboxylic acids is 1. The summed E-state index contributed by atoms with van der Waals surface area (Å²) in [6, 6.07) is -0.128. The number of likely N-dealkylation sites (tertiary alicyclic amines) is 1. The number of carboxylic acid groups (broad SMARTS) is 1. The highest BCUT2D eigenvalue weighted by Gasteiger charge is 2.42. The topological polar surface area (TPSA) is 86.7 Å². The second-order valence-electron chi connectivity index (χ2n) is 6.64. The molecule has 1 heterocycles. The summed E-state index contributed by atoms with van der Waals surface area (Å²) in [5.74, 6) is -0.187. The molecular weight excluding hydrogens is 304 g/mol. The number of nitrogens with zero attached hydrogens (tertiary/aromatic N) is 1. The van der Waals surface area contributed by atoms with Crippen LogP contribution in [0.5, 0.6) is 0 Å². The van der Waals surface area contributed by atoms with Gasteiger partial charge in [-0.05, 0) is 32.6 Å². The Morgan fingerprint density at radius 2 is 2.14 bits per heavy atom. The standard InChI is InChI=1S/C15H26N2O4S/c1-3-22(21)12-6-4-5-11(9-12)16-14(20)17-8-7-15(2,10-17)13(18)19/h11-12H,3-10H2,1-2H3,(H,16,20)(H,18,19). The first-order valence-corrected chi connectivity index (χ1v) is 9.40. The Hall–Kier alpha value is -1.11. The summed E-state index contributed by atoms with van der Waals surface area (Å²) in [6.45, 7) is 4.34. The van der Waals surface area contributed by atoms with E-state index in [0.29, 0.717) is 18.7 Å². The van der Waals surface area contributed by atoms with Crippen LogP contribution in [0.1, 0.15) is 46.0 Å². The molecule has 4 atom stereocenters. The molecule has 0 aromatic rings. The third kappa shape index (κ3) is 3.80. The fraction of sp³-hybridized carbons (Fsp3) is 0.867. The highest BCUT2D eigenvalue weighted by Crippen LogP contribution is 2.30. The van der Waals surface area contributed by atoms with Gasteiger partial charge in [-0.2, -0.15) is 0 Å². The van der Waals surface area contributed by atoms with Crippen LogP contribution in [0.15, 0.2) is 0 Å². The molecule has 0 bridgehead atoms. The first-order chi connectivity index (χ1) is 10.4. The number of amides is 2. The summed E-state index contributed by atoms with van der Waals surface area (Å²) in [5, 5.41) is 12.4. The normalized spacial score (nSPS) is 33.5. The van der Waals surface area contributed by atoms with Crippen molar-refractivity contribution in [2.45, 2.75) is 57.2 Å².